The molecule has 2 rings (SSSR count). The van der Waals surface area contributed by atoms with Crippen molar-refractivity contribution < 1.29 is 17.6 Å². The molecule has 0 spiro atoms. The number of likely N-dealkylation sites (N-methyl/N-ethyl adjacent to an activating group) is 1. The average Bonchev–Trinajstić information content (AvgIpc) is 2.55. The van der Waals surface area contributed by atoms with Crippen LogP contribution in [0.1, 0.15) is 17.3 Å². The molecule has 0 bridgehead atoms. The van der Waals surface area contributed by atoms with Gasteiger partial charge in [0.05, 0.1) is 5.75 Å². The van der Waals surface area contributed by atoms with Crippen LogP contribution in [0.3, 0.4) is 0 Å². The molecule has 6 nitrogen and oxygen atoms in total. The number of nitrogens with one attached hydrogen (secondary N) is 1. The fourth-order valence-corrected chi connectivity index (χ4v) is 3.79. The normalized spacial score (nSPS) is 17.1. The van der Waals surface area contributed by atoms with Crippen molar-refractivity contribution in [2.24, 2.45) is 0 Å². The fourth-order valence-electron chi connectivity index (χ4n) is 2.45. The zero-order chi connectivity index (χ0) is 16.9. The van der Waals surface area contributed by atoms with Crippen molar-refractivity contribution in [3.05, 3.63) is 35.6 Å². The lowest BCUT2D eigenvalue weighted by Crippen LogP contribution is -2.49. The lowest BCUT2D eigenvalue weighted by molar-refractivity contribution is 0.0956. The third-order valence-corrected chi connectivity index (χ3v) is 5.80. The summed E-state index contributed by atoms with van der Waals surface area (Å²) in [5.74, 6) is -0.960. The Bertz CT molecular complexity index is 626. The maximum Gasteiger partial charge on any atom is 0.251 e. The molecule has 1 fully saturated rings. The second-order valence-corrected chi connectivity index (χ2v) is 7.50. The van der Waals surface area contributed by atoms with Crippen molar-refractivity contribution in [3.8, 4) is 0 Å². The number of rotatable bonds is 6. The average molecular weight is 343 g/mol. The first-order valence-corrected chi connectivity index (χ1v) is 9.27. The first-order valence-electron chi connectivity index (χ1n) is 7.66. The van der Waals surface area contributed by atoms with Gasteiger partial charge in [0.25, 0.3) is 5.91 Å². The highest BCUT2D eigenvalue weighted by molar-refractivity contribution is 7.89. The summed E-state index contributed by atoms with van der Waals surface area (Å²) in [5.41, 5.74) is 0.306. The number of hydrogen-bond donors (Lipinski definition) is 1. The monoisotopic (exact) mass is 343 g/mol. The van der Waals surface area contributed by atoms with E-state index in [1.165, 1.54) is 28.6 Å². The van der Waals surface area contributed by atoms with Gasteiger partial charge in [-0.25, -0.2) is 12.8 Å². The van der Waals surface area contributed by atoms with Gasteiger partial charge >= 0.3 is 0 Å². The first-order chi connectivity index (χ1) is 10.9. The molecule has 8 heteroatoms. The van der Waals surface area contributed by atoms with Gasteiger partial charge in [-0.2, -0.15) is 4.31 Å². The van der Waals surface area contributed by atoms with E-state index >= 15 is 0 Å². The molecule has 1 aliphatic heterocycles. The maximum absolute atomic E-state index is 12.8. The minimum Gasteiger partial charge on any atom is -0.351 e. The highest BCUT2D eigenvalue weighted by Gasteiger charge is 2.26. The number of hydrogen-bond acceptors (Lipinski definition) is 4. The van der Waals surface area contributed by atoms with Crippen molar-refractivity contribution in [3.63, 3.8) is 0 Å². The van der Waals surface area contributed by atoms with E-state index in [4.69, 9.17) is 0 Å². The van der Waals surface area contributed by atoms with Gasteiger partial charge in [0, 0.05) is 38.3 Å². The molecule has 0 aliphatic carbocycles. The van der Waals surface area contributed by atoms with Crippen LogP contribution < -0.4 is 5.32 Å². The predicted molar refractivity (Wildman–Crippen MR) is 86.2 cm³/mol. The Balaban J connectivity index is 1.80. The molecule has 1 N–H and O–H groups in total. The van der Waals surface area contributed by atoms with E-state index in [1.807, 2.05) is 0 Å². The van der Waals surface area contributed by atoms with Crippen molar-refractivity contribution in [2.75, 3.05) is 45.0 Å². The summed E-state index contributed by atoms with van der Waals surface area (Å²) in [6.45, 7) is 5.45. The van der Waals surface area contributed by atoms with E-state index in [1.54, 1.807) is 0 Å². The lowest BCUT2D eigenvalue weighted by Gasteiger charge is -2.33. The molecule has 0 aromatic heterocycles. The van der Waals surface area contributed by atoms with Gasteiger partial charge in [0.15, 0.2) is 0 Å². The van der Waals surface area contributed by atoms with Gasteiger partial charge in [0.1, 0.15) is 5.82 Å². The summed E-state index contributed by atoms with van der Waals surface area (Å²) in [7, 11) is -3.37. The maximum atomic E-state index is 12.8. The Morgan fingerprint density at radius 2 is 1.78 bits per heavy atom. The quantitative estimate of drug-likeness (QED) is 0.818. The molecule has 0 unspecified atom stereocenters. The summed E-state index contributed by atoms with van der Waals surface area (Å²) < 4.78 is 38.8. The van der Waals surface area contributed by atoms with E-state index < -0.39 is 21.7 Å². The van der Waals surface area contributed by atoms with E-state index in [9.17, 15) is 17.6 Å². The third-order valence-electron chi connectivity index (χ3n) is 3.92. The lowest BCUT2D eigenvalue weighted by atomic mass is 10.2. The van der Waals surface area contributed by atoms with E-state index in [2.05, 4.69) is 17.1 Å². The minimum absolute atomic E-state index is 0.0343. The standard InChI is InChI=1S/C15H22FN3O3S/c1-2-18-8-10-19(11-9-18)23(21,22)12-7-17-15(20)13-3-5-14(16)6-4-13/h3-6H,2,7-12H2,1H3,(H,17,20). The minimum atomic E-state index is -3.37. The molecule has 1 amide bonds. The molecule has 128 valence electrons. The van der Waals surface area contributed by atoms with Gasteiger partial charge in [-0.15, -0.1) is 0 Å². The Kier molecular flexibility index (Phi) is 6.09. The molecule has 1 aromatic rings. The summed E-state index contributed by atoms with van der Waals surface area (Å²) >= 11 is 0. The summed E-state index contributed by atoms with van der Waals surface area (Å²) in [4.78, 5) is 14.0. The molecule has 0 atom stereocenters. The predicted octanol–water partition coefficient (Wildman–Crippen LogP) is 0.523. The third kappa shape index (κ3) is 4.98. The number of carbonyl (C=O) groups excluding carboxylic acids is 1. The summed E-state index contributed by atoms with van der Waals surface area (Å²) in [6.07, 6.45) is 0. The van der Waals surface area contributed by atoms with Crippen LogP contribution in [-0.2, 0) is 10.0 Å². The second kappa shape index (κ2) is 7.85. The van der Waals surface area contributed by atoms with Crippen molar-refractivity contribution >= 4 is 15.9 Å². The number of benzene rings is 1. The number of nitrogens with zero attached hydrogens (tertiary/aromatic N) is 2. The smallest absolute Gasteiger partial charge is 0.251 e. The molecule has 1 aliphatic rings. The van der Waals surface area contributed by atoms with E-state index in [0.29, 0.717) is 18.7 Å². The van der Waals surface area contributed by atoms with Crippen LogP contribution in [0.5, 0.6) is 0 Å². The topological polar surface area (TPSA) is 69.7 Å². The Morgan fingerprint density at radius 1 is 1.17 bits per heavy atom. The van der Waals surface area contributed by atoms with Crippen LogP contribution in [0.25, 0.3) is 0 Å². The molecule has 1 saturated heterocycles. The fraction of sp³-hybridized carbons (Fsp3) is 0.533. The zero-order valence-electron chi connectivity index (χ0n) is 13.2. The number of sulfonamides is 1. The molecule has 23 heavy (non-hydrogen) atoms. The Hall–Kier alpha value is -1.51. The van der Waals surface area contributed by atoms with Crippen LogP contribution in [0, 0.1) is 5.82 Å². The Labute approximate surface area is 136 Å². The molecule has 1 aromatic carbocycles. The molecule has 0 radical (unpaired) electrons. The molecular weight excluding hydrogens is 321 g/mol. The van der Waals surface area contributed by atoms with E-state index in [-0.39, 0.29) is 12.3 Å². The highest BCUT2D eigenvalue weighted by atomic mass is 32.2. The van der Waals surface area contributed by atoms with Crippen LogP contribution >= 0.6 is 0 Å². The number of carbonyl (C=O) groups is 1. The van der Waals surface area contributed by atoms with Crippen LogP contribution in [-0.4, -0.2) is 68.6 Å². The van der Waals surface area contributed by atoms with E-state index in [0.717, 1.165) is 19.6 Å². The highest BCUT2D eigenvalue weighted by Crippen LogP contribution is 2.08. The summed E-state index contributed by atoms with van der Waals surface area (Å²) in [6, 6.07) is 5.12. The van der Waals surface area contributed by atoms with Gasteiger partial charge in [-0.1, -0.05) is 6.92 Å². The molecule has 1 heterocycles. The van der Waals surface area contributed by atoms with Crippen molar-refractivity contribution in [1.29, 1.82) is 0 Å². The van der Waals surface area contributed by atoms with Gasteiger partial charge in [0.2, 0.25) is 10.0 Å². The molecular formula is C15H22FN3O3S. The largest absolute Gasteiger partial charge is 0.351 e. The second-order valence-electron chi connectivity index (χ2n) is 5.41. The van der Waals surface area contributed by atoms with Crippen molar-refractivity contribution in [1.82, 2.24) is 14.5 Å². The van der Waals surface area contributed by atoms with Crippen LogP contribution in [0.4, 0.5) is 4.39 Å². The SMILES string of the molecule is CCN1CCN(S(=O)(=O)CCNC(=O)c2ccc(F)cc2)CC1. The van der Waals surface area contributed by atoms with Crippen molar-refractivity contribution in [2.45, 2.75) is 6.92 Å². The Morgan fingerprint density at radius 3 is 2.35 bits per heavy atom. The summed E-state index contributed by atoms with van der Waals surface area (Å²) in [5, 5.41) is 2.56. The van der Waals surface area contributed by atoms with Crippen LogP contribution in [0.15, 0.2) is 24.3 Å². The van der Waals surface area contributed by atoms with Gasteiger partial charge in [-0.3, -0.25) is 4.79 Å². The van der Waals surface area contributed by atoms with Crippen LogP contribution in [0.2, 0.25) is 0 Å². The zero-order valence-corrected chi connectivity index (χ0v) is 14.0. The number of piperazine rings is 1. The number of amides is 1. The van der Waals surface area contributed by atoms with Gasteiger partial charge in [-0.05, 0) is 30.8 Å². The van der Waals surface area contributed by atoms with Gasteiger partial charge < -0.3 is 10.2 Å². The number of halogens is 1. The molecule has 0 saturated carbocycles. The first kappa shape index (κ1) is 17.8.